The van der Waals surface area contributed by atoms with E-state index in [1.807, 2.05) is 6.92 Å². The second-order valence-electron chi connectivity index (χ2n) is 9.38. The topological polar surface area (TPSA) is 38.7 Å². The first-order valence-corrected chi connectivity index (χ1v) is 11.4. The van der Waals surface area contributed by atoms with Gasteiger partial charge in [0.05, 0.1) is 18.3 Å². The average Bonchev–Trinajstić information content (AvgIpc) is 2.60. The van der Waals surface area contributed by atoms with Crippen molar-refractivity contribution in [3.05, 3.63) is 0 Å². The molecule has 0 aromatic rings. The lowest BCUT2D eigenvalue weighted by atomic mass is 9.70. The van der Waals surface area contributed by atoms with Crippen LogP contribution in [0.25, 0.3) is 0 Å². The molecular weight excluding hydrogens is 324 g/mol. The molecule has 0 aliphatic heterocycles. The van der Waals surface area contributed by atoms with Gasteiger partial charge < -0.3 is 14.6 Å². The molecule has 0 heterocycles. The van der Waals surface area contributed by atoms with Crippen LogP contribution in [0.3, 0.4) is 0 Å². The predicted octanol–water partition coefficient (Wildman–Crippen LogP) is 5.94. The zero-order valence-corrected chi connectivity index (χ0v) is 18.0. The number of rotatable bonds is 9. The zero-order valence-electron chi connectivity index (χ0n) is 18.0. The highest BCUT2D eigenvalue weighted by Crippen LogP contribution is 2.40. The van der Waals surface area contributed by atoms with Gasteiger partial charge in [-0.2, -0.15) is 0 Å². The molecule has 0 aromatic carbocycles. The van der Waals surface area contributed by atoms with Gasteiger partial charge in [-0.3, -0.25) is 0 Å². The maximum atomic E-state index is 9.76. The normalized spacial score (nSPS) is 33.8. The fourth-order valence-electron chi connectivity index (χ4n) is 5.42. The van der Waals surface area contributed by atoms with Crippen molar-refractivity contribution in [1.82, 2.24) is 0 Å². The van der Waals surface area contributed by atoms with Crippen LogP contribution in [-0.2, 0) is 9.47 Å². The number of ether oxygens (including phenoxy) is 2. The van der Waals surface area contributed by atoms with E-state index in [1.165, 1.54) is 51.4 Å². The Morgan fingerprint density at radius 1 is 0.846 bits per heavy atom. The summed E-state index contributed by atoms with van der Waals surface area (Å²) >= 11 is 0. The van der Waals surface area contributed by atoms with E-state index >= 15 is 0 Å². The highest BCUT2D eigenvalue weighted by atomic mass is 16.7. The Hall–Kier alpha value is -0.120. The largest absolute Gasteiger partial charge is 0.393 e. The van der Waals surface area contributed by atoms with E-state index in [-0.39, 0.29) is 18.5 Å². The second kappa shape index (κ2) is 11.0. The Bertz CT molecular complexity index is 368. The fraction of sp³-hybridized carbons (Fsp3) is 1.00. The Morgan fingerprint density at radius 2 is 1.42 bits per heavy atom. The van der Waals surface area contributed by atoms with Crippen LogP contribution in [0.1, 0.15) is 98.8 Å². The number of hydrogen-bond acceptors (Lipinski definition) is 3. The number of hydrogen-bond donors (Lipinski definition) is 1. The molecule has 3 atom stereocenters. The van der Waals surface area contributed by atoms with E-state index < -0.39 is 0 Å². The maximum absolute atomic E-state index is 9.76. The van der Waals surface area contributed by atoms with Gasteiger partial charge in [0.1, 0.15) is 0 Å². The van der Waals surface area contributed by atoms with E-state index in [2.05, 4.69) is 27.7 Å². The molecule has 3 nitrogen and oxygen atoms in total. The Labute approximate surface area is 162 Å². The molecule has 0 radical (unpaired) electrons. The predicted molar refractivity (Wildman–Crippen MR) is 108 cm³/mol. The van der Waals surface area contributed by atoms with Crippen molar-refractivity contribution in [3.8, 4) is 0 Å². The van der Waals surface area contributed by atoms with Crippen LogP contribution in [0.2, 0.25) is 0 Å². The van der Waals surface area contributed by atoms with Gasteiger partial charge in [0.15, 0.2) is 6.29 Å². The molecule has 0 saturated heterocycles. The summed E-state index contributed by atoms with van der Waals surface area (Å²) in [5.74, 6) is 3.38. The molecular formula is C23H44O3. The summed E-state index contributed by atoms with van der Waals surface area (Å²) in [6.07, 6.45) is 12.7. The van der Waals surface area contributed by atoms with Crippen LogP contribution >= 0.6 is 0 Å². The summed E-state index contributed by atoms with van der Waals surface area (Å²) in [5.41, 5.74) is 0. The minimum atomic E-state index is -0.0832. The van der Waals surface area contributed by atoms with E-state index in [4.69, 9.17) is 9.47 Å². The lowest BCUT2D eigenvalue weighted by Gasteiger charge is -2.37. The molecule has 3 heteroatoms. The van der Waals surface area contributed by atoms with Crippen molar-refractivity contribution < 1.29 is 14.6 Å². The van der Waals surface area contributed by atoms with Crippen molar-refractivity contribution in [2.24, 2.45) is 23.7 Å². The molecule has 154 valence electrons. The SMILES string of the molecule is CCC(CC(C)C1CCC(O)CC1)C1CCC(OC(C)OC(C)C)CC1. The zero-order chi connectivity index (χ0) is 19.1. The monoisotopic (exact) mass is 368 g/mol. The van der Waals surface area contributed by atoms with Gasteiger partial charge >= 0.3 is 0 Å². The van der Waals surface area contributed by atoms with Gasteiger partial charge in [-0.1, -0.05) is 20.3 Å². The van der Waals surface area contributed by atoms with Gasteiger partial charge in [-0.15, -0.1) is 0 Å². The Kier molecular flexibility index (Phi) is 9.40. The van der Waals surface area contributed by atoms with Gasteiger partial charge in [0.25, 0.3) is 0 Å². The Balaban J connectivity index is 1.73. The van der Waals surface area contributed by atoms with Gasteiger partial charge in [-0.05, 0) is 102 Å². The molecule has 0 aromatic heterocycles. The third kappa shape index (κ3) is 7.13. The van der Waals surface area contributed by atoms with Crippen LogP contribution < -0.4 is 0 Å². The summed E-state index contributed by atoms with van der Waals surface area (Å²) in [6, 6.07) is 0. The van der Waals surface area contributed by atoms with Crippen molar-refractivity contribution >= 4 is 0 Å². The van der Waals surface area contributed by atoms with E-state index in [0.717, 1.165) is 36.5 Å². The van der Waals surface area contributed by atoms with Gasteiger partial charge in [-0.25, -0.2) is 0 Å². The second-order valence-corrected chi connectivity index (χ2v) is 9.38. The lowest BCUT2D eigenvalue weighted by molar-refractivity contribution is -0.185. The number of aliphatic hydroxyl groups excluding tert-OH is 1. The molecule has 2 rings (SSSR count). The fourth-order valence-corrected chi connectivity index (χ4v) is 5.42. The first-order chi connectivity index (χ1) is 12.4. The molecule has 3 unspecified atom stereocenters. The van der Waals surface area contributed by atoms with Gasteiger partial charge in [0.2, 0.25) is 0 Å². The molecule has 2 fully saturated rings. The van der Waals surface area contributed by atoms with Crippen LogP contribution in [0.5, 0.6) is 0 Å². The molecule has 2 aliphatic carbocycles. The summed E-state index contributed by atoms with van der Waals surface area (Å²) in [4.78, 5) is 0. The standard InChI is InChI=1S/C23H44O3/c1-6-19(15-17(4)20-7-11-22(24)12-8-20)21-9-13-23(14-10-21)26-18(5)25-16(2)3/h16-24H,6-15H2,1-5H3. The summed E-state index contributed by atoms with van der Waals surface area (Å²) in [6.45, 7) is 11.0. The minimum absolute atomic E-state index is 0.0298. The molecule has 1 N–H and O–H groups in total. The third-order valence-electron chi connectivity index (χ3n) is 6.98. The molecule has 0 spiro atoms. The average molecular weight is 369 g/mol. The molecule has 26 heavy (non-hydrogen) atoms. The summed E-state index contributed by atoms with van der Waals surface area (Å²) < 4.78 is 11.8. The van der Waals surface area contributed by atoms with Crippen molar-refractivity contribution in [1.29, 1.82) is 0 Å². The molecule has 2 saturated carbocycles. The van der Waals surface area contributed by atoms with Crippen molar-refractivity contribution in [2.45, 2.75) is 123 Å². The minimum Gasteiger partial charge on any atom is -0.393 e. The van der Waals surface area contributed by atoms with Gasteiger partial charge in [0, 0.05) is 0 Å². The van der Waals surface area contributed by atoms with Crippen LogP contribution in [0, 0.1) is 23.7 Å². The van der Waals surface area contributed by atoms with Crippen LogP contribution in [0.4, 0.5) is 0 Å². The van der Waals surface area contributed by atoms with E-state index in [0.29, 0.717) is 6.10 Å². The summed E-state index contributed by atoms with van der Waals surface area (Å²) in [7, 11) is 0. The number of aliphatic hydroxyl groups is 1. The van der Waals surface area contributed by atoms with Crippen LogP contribution in [-0.4, -0.2) is 29.7 Å². The van der Waals surface area contributed by atoms with E-state index in [9.17, 15) is 5.11 Å². The molecule has 0 amide bonds. The molecule has 2 aliphatic rings. The smallest absolute Gasteiger partial charge is 0.155 e. The third-order valence-corrected chi connectivity index (χ3v) is 6.98. The van der Waals surface area contributed by atoms with Crippen LogP contribution in [0.15, 0.2) is 0 Å². The first kappa shape index (κ1) is 22.2. The van der Waals surface area contributed by atoms with Crippen molar-refractivity contribution in [2.75, 3.05) is 0 Å². The quantitative estimate of drug-likeness (QED) is 0.512. The maximum Gasteiger partial charge on any atom is 0.155 e. The Morgan fingerprint density at radius 3 is 1.96 bits per heavy atom. The van der Waals surface area contributed by atoms with Crippen molar-refractivity contribution in [3.63, 3.8) is 0 Å². The highest BCUT2D eigenvalue weighted by Gasteiger charge is 2.31. The molecule has 0 bridgehead atoms. The van der Waals surface area contributed by atoms with E-state index in [1.54, 1.807) is 0 Å². The highest BCUT2D eigenvalue weighted by molar-refractivity contribution is 4.82. The summed E-state index contributed by atoms with van der Waals surface area (Å²) in [5, 5.41) is 9.76. The lowest BCUT2D eigenvalue weighted by Crippen LogP contribution is -2.31. The first-order valence-electron chi connectivity index (χ1n) is 11.4.